The van der Waals surface area contributed by atoms with Crippen molar-refractivity contribution in [1.29, 1.82) is 0 Å². The maximum absolute atomic E-state index is 12.8. The molecule has 170 valence electrons. The molecular weight excluding hydrogens is 500 g/mol. The van der Waals surface area contributed by atoms with Gasteiger partial charge in [-0.05, 0) is 68.4 Å². The lowest BCUT2D eigenvalue weighted by atomic mass is 9.88. The van der Waals surface area contributed by atoms with Crippen molar-refractivity contribution >= 4 is 37.6 Å². The predicted octanol–water partition coefficient (Wildman–Crippen LogP) is 4.26. The minimum atomic E-state index is -3.79. The Morgan fingerprint density at radius 2 is 1.84 bits per heavy atom. The van der Waals surface area contributed by atoms with Gasteiger partial charge in [-0.15, -0.1) is 0 Å². The van der Waals surface area contributed by atoms with Gasteiger partial charge in [-0.2, -0.15) is 4.31 Å². The smallest absolute Gasteiger partial charge is 0.244 e. The van der Waals surface area contributed by atoms with Gasteiger partial charge >= 0.3 is 0 Å². The largest absolute Gasteiger partial charge is 0.390 e. The molecule has 31 heavy (non-hydrogen) atoms. The summed E-state index contributed by atoms with van der Waals surface area (Å²) in [5.41, 5.74) is 2.70. The van der Waals surface area contributed by atoms with Gasteiger partial charge in [0.25, 0.3) is 0 Å². The number of fused-ring (bicyclic) bond motifs is 1. The summed E-state index contributed by atoms with van der Waals surface area (Å²) in [7, 11) is -2.34. The highest BCUT2D eigenvalue weighted by atomic mass is 79.9. The molecule has 3 rings (SSSR count). The van der Waals surface area contributed by atoms with Crippen LogP contribution in [0.5, 0.6) is 0 Å². The molecule has 0 aliphatic heterocycles. The summed E-state index contributed by atoms with van der Waals surface area (Å²) in [5, 5.41) is 14.1. The molecule has 1 unspecified atom stereocenters. The third-order valence-corrected chi connectivity index (χ3v) is 8.60. The fraction of sp³-hybridized carbons (Fsp3) is 0.478. The standard InChI is InChI=1S/C23H30BrClN2O3S/c1-23(2,13-16-10-17-6-4-5-7-18(17)11-16)26-14-20(28)15-27(3)31(29,30)22-9-8-19(24)12-21(22)25/h4-9,12,16,20,26,28H,10-11,13-15H2,1-3H3. The SMILES string of the molecule is CN(CC(O)CNC(C)(C)CC1Cc2ccccc2C1)S(=O)(=O)c1ccc(Br)cc1Cl. The molecule has 1 atom stereocenters. The van der Waals surface area contributed by atoms with E-state index in [9.17, 15) is 13.5 Å². The first-order valence-electron chi connectivity index (χ1n) is 10.4. The van der Waals surface area contributed by atoms with Crippen molar-refractivity contribution in [1.82, 2.24) is 9.62 Å². The topological polar surface area (TPSA) is 69.6 Å². The molecule has 0 heterocycles. The maximum Gasteiger partial charge on any atom is 0.244 e. The van der Waals surface area contributed by atoms with Gasteiger partial charge in [0.1, 0.15) is 4.90 Å². The van der Waals surface area contributed by atoms with Gasteiger partial charge in [-0.25, -0.2) is 8.42 Å². The fourth-order valence-electron chi connectivity index (χ4n) is 4.29. The van der Waals surface area contributed by atoms with Crippen LogP contribution in [-0.2, 0) is 22.9 Å². The number of nitrogens with zero attached hydrogens (tertiary/aromatic N) is 1. The van der Waals surface area contributed by atoms with Crippen LogP contribution in [0.4, 0.5) is 0 Å². The highest BCUT2D eigenvalue weighted by Crippen LogP contribution is 2.32. The Morgan fingerprint density at radius 1 is 1.23 bits per heavy atom. The van der Waals surface area contributed by atoms with E-state index in [1.165, 1.54) is 24.2 Å². The van der Waals surface area contributed by atoms with Gasteiger partial charge in [0, 0.05) is 30.1 Å². The maximum atomic E-state index is 12.8. The number of benzene rings is 2. The number of sulfonamides is 1. The zero-order chi connectivity index (χ0) is 22.8. The lowest BCUT2D eigenvalue weighted by Gasteiger charge is -2.31. The summed E-state index contributed by atoms with van der Waals surface area (Å²) in [6.45, 7) is 4.54. The fourth-order valence-corrected chi connectivity index (χ4v) is 6.51. The van der Waals surface area contributed by atoms with E-state index in [1.807, 2.05) is 0 Å². The number of aliphatic hydroxyl groups is 1. The molecule has 0 radical (unpaired) electrons. The van der Waals surface area contributed by atoms with Crippen LogP contribution in [0.15, 0.2) is 51.8 Å². The van der Waals surface area contributed by atoms with E-state index in [2.05, 4.69) is 59.4 Å². The molecule has 5 nitrogen and oxygen atoms in total. The Balaban J connectivity index is 1.52. The number of hydrogen-bond donors (Lipinski definition) is 2. The average molecular weight is 530 g/mol. The van der Waals surface area contributed by atoms with Crippen molar-refractivity contribution in [2.75, 3.05) is 20.1 Å². The van der Waals surface area contributed by atoms with Crippen LogP contribution >= 0.6 is 27.5 Å². The van der Waals surface area contributed by atoms with Crippen LogP contribution in [0.3, 0.4) is 0 Å². The van der Waals surface area contributed by atoms with E-state index in [0.717, 1.165) is 23.6 Å². The van der Waals surface area contributed by atoms with E-state index in [1.54, 1.807) is 12.1 Å². The van der Waals surface area contributed by atoms with Gasteiger partial charge in [-0.3, -0.25) is 0 Å². The molecule has 2 aromatic carbocycles. The first-order chi connectivity index (χ1) is 14.5. The van der Waals surface area contributed by atoms with Crippen LogP contribution in [-0.4, -0.2) is 49.6 Å². The summed E-state index contributed by atoms with van der Waals surface area (Å²) in [6.07, 6.45) is 2.31. The van der Waals surface area contributed by atoms with Crippen molar-refractivity contribution in [2.45, 2.75) is 49.6 Å². The summed E-state index contributed by atoms with van der Waals surface area (Å²) in [4.78, 5) is 0.0288. The van der Waals surface area contributed by atoms with Gasteiger partial charge in [-0.1, -0.05) is 51.8 Å². The Kier molecular flexibility index (Phi) is 7.88. The predicted molar refractivity (Wildman–Crippen MR) is 129 cm³/mol. The molecule has 0 spiro atoms. The zero-order valence-electron chi connectivity index (χ0n) is 18.1. The molecule has 0 saturated carbocycles. The molecule has 1 aliphatic rings. The van der Waals surface area contributed by atoms with Gasteiger partial charge in [0.2, 0.25) is 10.0 Å². The van der Waals surface area contributed by atoms with Gasteiger partial charge < -0.3 is 10.4 Å². The number of hydrogen-bond acceptors (Lipinski definition) is 4. The third kappa shape index (κ3) is 6.30. The van der Waals surface area contributed by atoms with E-state index in [-0.39, 0.29) is 22.0 Å². The summed E-state index contributed by atoms with van der Waals surface area (Å²) in [5.74, 6) is 0.569. The minimum Gasteiger partial charge on any atom is -0.390 e. The molecule has 2 aromatic rings. The first kappa shape index (κ1) is 24.7. The second kappa shape index (κ2) is 9.89. The molecule has 2 N–H and O–H groups in total. The monoisotopic (exact) mass is 528 g/mol. The number of nitrogens with one attached hydrogen (secondary N) is 1. The summed E-state index contributed by atoms with van der Waals surface area (Å²) in [6, 6.07) is 13.2. The highest BCUT2D eigenvalue weighted by molar-refractivity contribution is 9.10. The molecular formula is C23H30BrClN2O3S. The van der Waals surface area contributed by atoms with Crippen LogP contribution in [0.1, 0.15) is 31.4 Å². The quantitative estimate of drug-likeness (QED) is 0.509. The van der Waals surface area contributed by atoms with Crippen molar-refractivity contribution < 1.29 is 13.5 Å². The molecule has 0 aromatic heterocycles. The van der Waals surface area contributed by atoms with Crippen LogP contribution in [0.25, 0.3) is 0 Å². The van der Waals surface area contributed by atoms with Crippen molar-refractivity contribution in [3.05, 3.63) is 63.1 Å². The number of rotatable bonds is 9. The van der Waals surface area contributed by atoms with Crippen LogP contribution in [0, 0.1) is 5.92 Å². The van der Waals surface area contributed by atoms with Gasteiger partial charge in [0.05, 0.1) is 11.1 Å². The van der Waals surface area contributed by atoms with Crippen LogP contribution in [0.2, 0.25) is 5.02 Å². The summed E-state index contributed by atoms with van der Waals surface area (Å²) >= 11 is 9.40. The number of likely N-dealkylation sites (N-methyl/N-ethyl adjacent to an activating group) is 1. The minimum absolute atomic E-state index is 0.0212. The Hall–Kier alpha value is -0.960. The second-order valence-electron chi connectivity index (χ2n) is 9.03. The molecule has 0 bridgehead atoms. The molecule has 0 fully saturated rings. The Bertz CT molecular complexity index is 1000. The molecule has 0 saturated heterocycles. The zero-order valence-corrected chi connectivity index (χ0v) is 21.3. The number of halogens is 2. The van der Waals surface area contributed by atoms with Crippen LogP contribution < -0.4 is 5.32 Å². The lowest BCUT2D eigenvalue weighted by Crippen LogP contribution is -2.47. The van der Waals surface area contributed by atoms with Gasteiger partial charge in [0.15, 0.2) is 0 Å². The number of β-amino-alcohol motifs (C(OH)–C–C–N with tert-alkyl or cyclic N) is 1. The normalized spacial score (nSPS) is 16.0. The van der Waals surface area contributed by atoms with Crippen molar-refractivity contribution in [2.24, 2.45) is 5.92 Å². The van der Waals surface area contributed by atoms with Crippen molar-refractivity contribution in [3.63, 3.8) is 0 Å². The second-order valence-corrected chi connectivity index (χ2v) is 12.4. The first-order valence-corrected chi connectivity index (χ1v) is 13.0. The average Bonchev–Trinajstić information content (AvgIpc) is 3.07. The summed E-state index contributed by atoms with van der Waals surface area (Å²) < 4.78 is 27.5. The third-order valence-electron chi connectivity index (χ3n) is 5.80. The molecule has 1 aliphatic carbocycles. The molecule has 8 heteroatoms. The lowest BCUT2D eigenvalue weighted by molar-refractivity contribution is 0.135. The van der Waals surface area contributed by atoms with E-state index < -0.39 is 16.1 Å². The Labute approximate surface area is 199 Å². The number of aliphatic hydroxyl groups excluding tert-OH is 1. The van der Waals surface area contributed by atoms with E-state index >= 15 is 0 Å². The van der Waals surface area contributed by atoms with E-state index in [4.69, 9.17) is 11.6 Å². The van der Waals surface area contributed by atoms with Crippen molar-refractivity contribution in [3.8, 4) is 0 Å². The molecule has 0 amide bonds. The Morgan fingerprint density at radius 3 is 2.42 bits per heavy atom. The van der Waals surface area contributed by atoms with E-state index in [0.29, 0.717) is 16.9 Å². The highest BCUT2D eigenvalue weighted by Gasteiger charge is 2.30.